The Morgan fingerprint density at radius 3 is 3.00 bits per heavy atom. The summed E-state index contributed by atoms with van der Waals surface area (Å²) >= 11 is 0. The SMILES string of the molecule is O=C(Nc1ccccc1-n1ccnn1)OCCO. The number of amides is 1. The zero-order valence-electron chi connectivity index (χ0n) is 9.48. The van der Waals surface area contributed by atoms with Crippen molar-refractivity contribution in [3.8, 4) is 5.69 Å². The first-order chi connectivity index (χ1) is 8.81. The van der Waals surface area contributed by atoms with Crippen LogP contribution in [0.3, 0.4) is 0 Å². The van der Waals surface area contributed by atoms with Crippen molar-refractivity contribution in [1.82, 2.24) is 15.0 Å². The van der Waals surface area contributed by atoms with Gasteiger partial charge in [0.25, 0.3) is 0 Å². The first kappa shape index (κ1) is 12.1. The molecule has 7 nitrogen and oxygen atoms in total. The van der Waals surface area contributed by atoms with Gasteiger partial charge in [-0.1, -0.05) is 17.3 Å². The van der Waals surface area contributed by atoms with Crippen LogP contribution in [0.1, 0.15) is 0 Å². The normalized spacial score (nSPS) is 10.1. The molecule has 0 aliphatic carbocycles. The van der Waals surface area contributed by atoms with Crippen LogP contribution in [0.15, 0.2) is 36.7 Å². The second kappa shape index (κ2) is 5.78. The summed E-state index contributed by atoms with van der Waals surface area (Å²) in [7, 11) is 0. The molecule has 94 valence electrons. The van der Waals surface area contributed by atoms with Crippen molar-refractivity contribution in [3.05, 3.63) is 36.7 Å². The number of hydrogen-bond donors (Lipinski definition) is 2. The molecular weight excluding hydrogens is 236 g/mol. The van der Waals surface area contributed by atoms with Crippen LogP contribution in [0.4, 0.5) is 10.5 Å². The zero-order chi connectivity index (χ0) is 12.8. The van der Waals surface area contributed by atoms with Crippen LogP contribution >= 0.6 is 0 Å². The molecule has 2 aromatic rings. The van der Waals surface area contributed by atoms with Crippen LogP contribution in [0.2, 0.25) is 0 Å². The summed E-state index contributed by atoms with van der Waals surface area (Å²) in [5.41, 5.74) is 1.22. The van der Waals surface area contributed by atoms with Gasteiger partial charge in [0, 0.05) is 0 Å². The first-order valence-corrected chi connectivity index (χ1v) is 5.31. The average molecular weight is 248 g/mol. The summed E-state index contributed by atoms with van der Waals surface area (Å²) in [5.74, 6) is 0. The van der Waals surface area contributed by atoms with Crippen LogP contribution in [0, 0.1) is 0 Å². The Morgan fingerprint density at radius 2 is 2.28 bits per heavy atom. The highest BCUT2D eigenvalue weighted by Gasteiger charge is 2.08. The standard InChI is InChI=1S/C11H12N4O3/c16-7-8-18-11(17)13-9-3-1-2-4-10(9)15-6-5-12-14-15/h1-6,16H,7-8H2,(H,13,17). The fourth-order valence-corrected chi connectivity index (χ4v) is 1.40. The largest absolute Gasteiger partial charge is 0.447 e. The molecule has 0 atom stereocenters. The molecule has 0 spiro atoms. The van der Waals surface area contributed by atoms with Gasteiger partial charge in [-0.05, 0) is 12.1 Å². The smallest absolute Gasteiger partial charge is 0.411 e. The summed E-state index contributed by atoms with van der Waals surface area (Å²) in [6.07, 6.45) is 2.58. The lowest BCUT2D eigenvalue weighted by molar-refractivity contribution is 0.131. The Labute approximate surface area is 103 Å². The van der Waals surface area contributed by atoms with Crippen molar-refractivity contribution in [3.63, 3.8) is 0 Å². The molecule has 1 aromatic carbocycles. The summed E-state index contributed by atoms with van der Waals surface area (Å²) in [6, 6.07) is 7.11. The lowest BCUT2D eigenvalue weighted by Gasteiger charge is -2.10. The lowest BCUT2D eigenvalue weighted by atomic mass is 10.2. The second-order valence-electron chi connectivity index (χ2n) is 3.35. The second-order valence-corrected chi connectivity index (χ2v) is 3.35. The Kier molecular flexibility index (Phi) is 3.87. The number of nitrogens with zero attached hydrogens (tertiary/aromatic N) is 3. The number of hydrogen-bond acceptors (Lipinski definition) is 5. The van der Waals surface area contributed by atoms with E-state index in [9.17, 15) is 4.79 Å². The molecule has 0 saturated carbocycles. The Morgan fingerprint density at radius 1 is 1.44 bits per heavy atom. The van der Waals surface area contributed by atoms with Crippen LogP contribution in [-0.2, 0) is 4.74 Å². The molecule has 18 heavy (non-hydrogen) atoms. The summed E-state index contributed by atoms with van der Waals surface area (Å²) < 4.78 is 6.25. The van der Waals surface area contributed by atoms with Gasteiger partial charge in [-0.15, -0.1) is 5.10 Å². The van der Waals surface area contributed by atoms with Gasteiger partial charge in [0.2, 0.25) is 0 Å². The first-order valence-electron chi connectivity index (χ1n) is 5.31. The van der Waals surface area contributed by atoms with E-state index in [-0.39, 0.29) is 13.2 Å². The zero-order valence-corrected chi connectivity index (χ0v) is 9.48. The van der Waals surface area contributed by atoms with Gasteiger partial charge in [-0.3, -0.25) is 5.32 Å². The number of para-hydroxylation sites is 2. The minimum atomic E-state index is -0.628. The van der Waals surface area contributed by atoms with Crippen molar-refractivity contribution in [2.24, 2.45) is 0 Å². The fourth-order valence-electron chi connectivity index (χ4n) is 1.40. The van der Waals surface area contributed by atoms with Crippen molar-refractivity contribution in [2.45, 2.75) is 0 Å². The number of ether oxygens (including phenoxy) is 1. The molecule has 0 aliphatic heterocycles. The number of carbonyl (C=O) groups is 1. The number of aliphatic hydroxyl groups excluding tert-OH is 1. The van der Waals surface area contributed by atoms with Gasteiger partial charge in [-0.25, -0.2) is 9.48 Å². The highest BCUT2D eigenvalue weighted by molar-refractivity contribution is 5.87. The Bertz CT molecular complexity index is 513. The van der Waals surface area contributed by atoms with E-state index < -0.39 is 6.09 Å². The van der Waals surface area contributed by atoms with Crippen molar-refractivity contribution in [1.29, 1.82) is 0 Å². The number of carbonyl (C=O) groups excluding carboxylic acids is 1. The van der Waals surface area contributed by atoms with Gasteiger partial charge in [0.05, 0.1) is 30.4 Å². The Hall–Kier alpha value is -2.41. The third-order valence-corrected chi connectivity index (χ3v) is 2.13. The van der Waals surface area contributed by atoms with Crippen LogP contribution in [0.25, 0.3) is 5.69 Å². The molecule has 1 amide bonds. The summed E-state index contributed by atoms with van der Waals surface area (Å²) in [5, 5.41) is 18.7. The number of aliphatic hydroxyl groups is 1. The number of nitrogens with one attached hydrogen (secondary N) is 1. The topological polar surface area (TPSA) is 89.3 Å². The quantitative estimate of drug-likeness (QED) is 0.835. The minimum Gasteiger partial charge on any atom is -0.447 e. The van der Waals surface area contributed by atoms with Gasteiger partial charge < -0.3 is 9.84 Å². The molecule has 1 heterocycles. The highest BCUT2D eigenvalue weighted by Crippen LogP contribution is 2.18. The maximum absolute atomic E-state index is 11.4. The molecule has 0 radical (unpaired) electrons. The number of rotatable bonds is 4. The van der Waals surface area contributed by atoms with E-state index in [2.05, 4.69) is 15.6 Å². The molecule has 0 bridgehead atoms. The van der Waals surface area contributed by atoms with E-state index in [0.29, 0.717) is 11.4 Å². The fraction of sp³-hybridized carbons (Fsp3) is 0.182. The summed E-state index contributed by atoms with van der Waals surface area (Å²) in [4.78, 5) is 11.4. The molecule has 0 saturated heterocycles. The number of aromatic nitrogens is 3. The van der Waals surface area contributed by atoms with Crippen LogP contribution in [-0.4, -0.2) is 39.4 Å². The average Bonchev–Trinajstić information content (AvgIpc) is 2.91. The lowest BCUT2D eigenvalue weighted by Crippen LogP contribution is -2.17. The van der Waals surface area contributed by atoms with Gasteiger partial charge in [0.1, 0.15) is 6.61 Å². The number of anilines is 1. The van der Waals surface area contributed by atoms with E-state index in [4.69, 9.17) is 9.84 Å². The van der Waals surface area contributed by atoms with Crippen molar-refractivity contribution >= 4 is 11.8 Å². The Balaban J connectivity index is 2.16. The predicted molar refractivity (Wildman–Crippen MR) is 63.4 cm³/mol. The molecule has 0 aliphatic rings. The van der Waals surface area contributed by atoms with Gasteiger partial charge in [0.15, 0.2) is 0 Å². The number of benzene rings is 1. The molecule has 1 aromatic heterocycles. The van der Waals surface area contributed by atoms with E-state index in [1.807, 2.05) is 6.07 Å². The van der Waals surface area contributed by atoms with E-state index in [1.54, 1.807) is 30.6 Å². The monoisotopic (exact) mass is 248 g/mol. The summed E-state index contributed by atoms with van der Waals surface area (Å²) in [6.45, 7) is -0.254. The molecule has 0 fully saturated rings. The van der Waals surface area contributed by atoms with Crippen molar-refractivity contribution in [2.75, 3.05) is 18.5 Å². The third kappa shape index (κ3) is 2.83. The third-order valence-electron chi connectivity index (χ3n) is 2.13. The van der Waals surface area contributed by atoms with Gasteiger partial charge >= 0.3 is 6.09 Å². The van der Waals surface area contributed by atoms with Crippen LogP contribution in [0.5, 0.6) is 0 Å². The van der Waals surface area contributed by atoms with E-state index in [1.165, 1.54) is 4.68 Å². The van der Waals surface area contributed by atoms with Crippen molar-refractivity contribution < 1.29 is 14.6 Å². The van der Waals surface area contributed by atoms with Crippen LogP contribution < -0.4 is 5.32 Å². The minimum absolute atomic E-state index is 0.0443. The maximum atomic E-state index is 11.4. The molecule has 2 rings (SSSR count). The van der Waals surface area contributed by atoms with Gasteiger partial charge in [-0.2, -0.15) is 0 Å². The highest BCUT2D eigenvalue weighted by atomic mass is 16.6. The molecule has 0 unspecified atom stereocenters. The predicted octanol–water partition coefficient (Wildman–Crippen LogP) is 0.808. The van der Waals surface area contributed by atoms with E-state index >= 15 is 0 Å². The molecule has 2 N–H and O–H groups in total. The molecule has 7 heteroatoms. The van der Waals surface area contributed by atoms with E-state index in [0.717, 1.165) is 0 Å². The maximum Gasteiger partial charge on any atom is 0.411 e. The molecular formula is C11H12N4O3.